The second-order valence-corrected chi connectivity index (χ2v) is 14.5. The first-order valence-electron chi connectivity index (χ1n) is 21.2. The topological polar surface area (TPSA) is 156 Å². The number of aromatic nitrogens is 2. The quantitative estimate of drug-likeness (QED) is 0.0663. The molecule has 5 aromatic rings. The van der Waals surface area contributed by atoms with Gasteiger partial charge in [0.2, 0.25) is 0 Å². The first-order valence-corrected chi connectivity index (χ1v) is 21.2. The molecule has 0 bridgehead atoms. The highest BCUT2D eigenvalue weighted by Crippen LogP contribution is 2.44. The predicted molar refractivity (Wildman–Crippen MR) is 235 cm³/mol. The van der Waals surface area contributed by atoms with Crippen LogP contribution in [0.1, 0.15) is 93.3 Å². The number of carboxylic acid groups (broad SMARTS) is 2. The molecule has 0 saturated carbocycles. The van der Waals surface area contributed by atoms with Gasteiger partial charge in [0.15, 0.2) is 0 Å². The van der Waals surface area contributed by atoms with Gasteiger partial charge >= 0.3 is 11.9 Å². The summed E-state index contributed by atoms with van der Waals surface area (Å²) in [5, 5.41) is 36.7. The Labute approximate surface area is 349 Å². The number of aliphatic hydroxyl groups excluding tert-OH is 1. The average molecular weight is 815 g/mol. The summed E-state index contributed by atoms with van der Waals surface area (Å²) in [6.45, 7) is 15.1. The third kappa shape index (κ3) is 11.7. The molecule has 2 aromatic heterocycles. The van der Waals surface area contributed by atoms with E-state index in [0.717, 1.165) is 107 Å². The van der Waals surface area contributed by atoms with Crippen molar-refractivity contribution in [1.29, 1.82) is 0 Å². The van der Waals surface area contributed by atoms with Crippen LogP contribution in [0.3, 0.4) is 0 Å². The van der Waals surface area contributed by atoms with Gasteiger partial charge in [0.25, 0.3) is 0 Å². The van der Waals surface area contributed by atoms with Crippen LogP contribution in [0.4, 0.5) is 0 Å². The van der Waals surface area contributed by atoms with Crippen LogP contribution in [0.25, 0.3) is 21.8 Å². The number of rotatable bonds is 15. The molecule has 0 saturated heterocycles. The van der Waals surface area contributed by atoms with Crippen LogP contribution < -0.4 is 20.1 Å². The third-order valence-electron chi connectivity index (χ3n) is 10.8. The molecule has 7 rings (SSSR count). The van der Waals surface area contributed by atoms with E-state index in [1.54, 1.807) is 14.2 Å². The molecule has 0 fully saturated rings. The van der Waals surface area contributed by atoms with E-state index in [4.69, 9.17) is 14.2 Å². The lowest BCUT2D eigenvalue weighted by Gasteiger charge is -2.21. The van der Waals surface area contributed by atoms with Gasteiger partial charge in [-0.15, -0.1) is 0 Å². The lowest BCUT2D eigenvalue weighted by atomic mass is 9.85. The van der Waals surface area contributed by atoms with Gasteiger partial charge in [0, 0.05) is 35.2 Å². The minimum Gasteiger partial charge on any atom is -0.496 e. The van der Waals surface area contributed by atoms with E-state index in [1.165, 1.54) is 0 Å². The average Bonchev–Trinajstić information content (AvgIpc) is 3.76. The standard InChI is InChI=1S/C23H25NO4.C16H19NO4.2C4H11N/c1-27-20-12-6-11-19-22(20)21-17(23(25)26)9-5-10-18(21)24(19)13-14-28-15-16-7-3-2-4-8-16;1-21-13-7-3-6-12-15(13)14-10(16(19)20)4-2-5-11(14)17(12)8-9-18;2*1-3-5-4-2/h2-4,6-8,11-12,17H,5,9-10,13-15H2,1H3,(H,25,26);3,6-7,10,18H,2,4-5,8-9H2,1H3,(H,19,20);2*5H,3-4H2,1-2H3. The molecule has 2 atom stereocenters. The number of ether oxygens (including phenoxy) is 3. The zero-order valence-electron chi connectivity index (χ0n) is 35.9. The van der Waals surface area contributed by atoms with Crippen molar-refractivity contribution in [1.82, 2.24) is 19.8 Å². The lowest BCUT2D eigenvalue weighted by Crippen LogP contribution is -2.19. The monoisotopic (exact) mass is 814 g/mol. The second kappa shape index (κ2) is 24.3. The van der Waals surface area contributed by atoms with Crippen LogP contribution in [0.5, 0.6) is 11.5 Å². The SMILES string of the molecule is CCNCC.CCNCC.COc1cccc2c1c1c(n2CCO)CCCC1C(=O)O.COc1cccc2c1c1c(n2CCOCc2ccccc2)CCCC1C(=O)O. The maximum atomic E-state index is 11.9. The molecule has 0 aliphatic heterocycles. The highest BCUT2D eigenvalue weighted by Gasteiger charge is 2.34. The maximum Gasteiger partial charge on any atom is 0.311 e. The van der Waals surface area contributed by atoms with Crippen molar-refractivity contribution in [2.75, 3.05) is 53.6 Å². The van der Waals surface area contributed by atoms with Crippen LogP contribution in [-0.2, 0) is 46.9 Å². The van der Waals surface area contributed by atoms with Crippen LogP contribution >= 0.6 is 0 Å². The van der Waals surface area contributed by atoms with Crippen molar-refractivity contribution < 1.29 is 39.1 Å². The molecule has 12 heteroatoms. The Bertz CT molecular complexity index is 2050. The number of nitrogens with zero attached hydrogens (tertiary/aromatic N) is 2. The van der Waals surface area contributed by atoms with Crippen molar-refractivity contribution in [2.45, 2.75) is 97.8 Å². The zero-order valence-corrected chi connectivity index (χ0v) is 35.9. The van der Waals surface area contributed by atoms with Crippen molar-refractivity contribution in [3.8, 4) is 11.5 Å². The number of hydrogen-bond donors (Lipinski definition) is 5. The van der Waals surface area contributed by atoms with Crippen molar-refractivity contribution in [3.63, 3.8) is 0 Å². The van der Waals surface area contributed by atoms with Gasteiger partial charge in [-0.1, -0.05) is 70.2 Å². The van der Waals surface area contributed by atoms with Gasteiger partial charge in [0.1, 0.15) is 11.5 Å². The first kappa shape index (κ1) is 46.8. The summed E-state index contributed by atoms with van der Waals surface area (Å²) in [5.74, 6) is -1.07. The molecule has 0 amide bonds. The largest absolute Gasteiger partial charge is 0.496 e. The smallest absolute Gasteiger partial charge is 0.311 e. The van der Waals surface area contributed by atoms with Gasteiger partial charge < -0.3 is 49.3 Å². The van der Waals surface area contributed by atoms with E-state index < -0.39 is 23.8 Å². The van der Waals surface area contributed by atoms with Crippen molar-refractivity contribution in [3.05, 3.63) is 94.8 Å². The second-order valence-electron chi connectivity index (χ2n) is 14.5. The van der Waals surface area contributed by atoms with Crippen LogP contribution in [0.15, 0.2) is 66.7 Å². The molecule has 2 aliphatic carbocycles. The molecule has 12 nitrogen and oxygen atoms in total. The zero-order chi connectivity index (χ0) is 42.7. The summed E-state index contributed by atoms with van der Waals surface area (Å²) in [7, 11) is 3.24. The molecule has 0 radical (unpaired) electrons. The van der Waals surface area contributed by atoms with E-state index in [1.807, 2.05) is 59.2 Å². The molecule has 3 aromatic carbocycles. The van der Waals surface area contributed by atoms with E-state index in [0.29, 0.717) is 44.9 Å². The number of benzene rings is 3. The number of hydrogen-bond acceptors (Lipinski definition) is 8. The van der Waals surface area contributed by atoms with Gasteiger partial charge in [0.05, 0.1) is 56.9 Å². The highest BCUT2D eigenvalue weighted by molar-refractivity contribution is 5.97. The Kier molecular flexibility index (Phi) is 19.2. The summed E-state index contributed by atoms with van der Waals surface area (Å²) in [5.41, 5.74) is 7.06. The number of fused-ring (bicyclic) bond motifs is 6. The lowest BCUT2D eigenvalue weighted by molar-refractivity contribution is -0.140. The molecule has 2 aliphatic rings. The summed E-state index contributed by atoms with van der Waals surface area (Å²) in [6, 6.07) is 21.8. The summed E-state index contributed by atoms with van der Waals surface area (Å²) >= 11 is 0. The fourth-order valence-electron chi connectivity index (χ4n) is 8.29. The summed E-state index contributed by atoms with van der Waals surface area (Å²) < 4.78 is 21.2. The first-order chi connectivity index (χ1) is 28.7. The third-order valence-corrected chi connectivity index (χ3v) is 10.8. The van der Waals surface area contributed by atoms with E-state index in [2.05, 4.69) is 55.0 Å². The predicted octanol–water partition coefficient (Wildman–Crippen LogP) is 7.75. The summed E-state index contributed by atoms with van der Waals surface area (Å²) in [6.07, 6.45) is 4.79. The molecule has 2 unspecified atom stereocenters. The Morgan fingerprint density at radius 2 is 1.12 bits per heavy atom. The van der Waals surface area contributed by atoms with E-state index in [-0.39, 0.29) is 6.61 Å². The van der Waals surface area contributed by atoms with Gasteiger partial charge in [-0.25, -0.2) is 0 Å². The Morgan fingerprint density at radius 1 is 0.661 bits per heavy atom. The normalized spacial score (nSPS) is 15.4. The van der Waals surface area contributed by atoms with Crippen molar-refractivity contribution in [2.24, 2.45) is 0 Å². The molecular weight excluding hydrogens is 749 g/mol. The molecule has 322 valence electrons. The van der Waals surface area contributed by atoms with Gasteiger partial charge in [-0.3, -0.25) is 9.59 Å². The summed E-state index contributed by atoms with van der Waals surface area (Å²) in [4.78, 5) is 23.5. The molecule has 0 spiro atoms. The Morgan fingerprint density at radius 3 is 1.51 bits per heavy atom. The Balaban J connectivity index is 0.000000217. The van der Waals surface area contributed by atoms with Gasteiger partial charge in [-0.05, 0) is 106 Å². The number of aliphatic carboxylic acids is 2. The van der Waals surface area contributed by atoms with Crippen molar-refractivity contribution >= 4 is 33.7 Å². The van der Waals surface area contributed by atoms with Gasteiger partial charge in [-0.2, -0.15) is 0 Å². The number of nitrogens with one attached hydrogen (secondary N) is 2. The minimum atomic E-state index is -0.787. The van der Waals surface area contributed by atoms with E-state index >= 15 is 0 Å². The maximum absolute atomic E-state index is 11.9. The highest BCUT2D eigenvalue weighted by atomic mass is 16.5. The number of carboxylic acids is 2. The number of methoxy groups -OCH3 is 2. The Hall–Kier alpha value is -4.88. The minimum absolute atomic E-state index is 0.0329. The fourth-order valence-corrected chi connectivity index (χ4v) is 8.29. The van der Waals surface area contributed by atoms with E-state index in [9.17, 15) is 24.9 Å². The molecule has 2 heterocycles. The fraction of sp³-hybridized carbons (Fsp3) is 0.489. The van der Waals surface area contributed by atoms with Crippen LogP contribution in [0.2, 0.25) is 0 Å². The van der Waals surface area contributed by atoms with Crippen LogP contribution in [-0.4, -0.2) is 90.0 Å². The number of aliphatic hydroxyl groups is 1. The molecular formula is C47H66N4O8. The van der Waals surface area contributed by atoms with Crippen LogP contribution in [0, 0.1) is 0 Å². The molecule has 59 heavy (non-hydrogen) atoms. The number of carbonyl (C=O) groups is 2. The molecule has 5 N–H and O–H groups in total.